The minimum Gasteiger partial charge on any atom is -1.00 e. The van der Waals surface area contributed by atoms with Gasteiger partial charge in [0.1, 0.15) is 0 Å². The van der Waals surface area contributed by atoms with Gasteiger partial charge < -0.3 is 7.59 Å². The van der Waals surface area contributed by atoms with E-state index in [1.54, 1.807) is 0 Å². The molecule has 0 aromatic rings. The summed E-state index contributed by atoms with van der Waals surface area (Å²) in [6, 6.07) is 0. The second-order valence-electron chi connectivity index (χ2n) is 5.21. The van der Waals surface area contributed by atoms with Crippen LogP contribution in [0.4, 0.5) is 0 Å². The smallest absolute Gasteiger partial charge is 1.00 e. The molecule has 0 atom stereocenters. The van der Waals surface area contributed by atoms with Gasteiger partial charge >= 0.3 is 69.5 Å². The summed E-state index contributed by atoms with van der Waals surface area (Å²) in [4.78, 5) is 0. The maximum atomic E-state index is 10.2. The minimum atomic E-state index is -4.23. The van der Waals surface area contributed by atoms with Crippen LogP contribution >= 0.6 is 0 Å². The Balaban J connectivity index is -0.0000000984. The first-order chi connectivity index (χ1) is 10.5. The molecule has 0 bridgehead atoms. The summed E-state index contributed by atoms with van der Waals surface area (Å²) in [5.41, 5.74) is 0. The van der Waals surface area contributed by atoms with E-state index in [4.69, 9.17) is 9.29 Å². The molecule has 0 aromatic carbocycles. The summed E-state index contributed by atoms with van der Waals surface area (Å²) in [5, 5.41) is 0. The van der Waals surface area contributed by atoms with Gasteiger partial charge in [-0.3, -0.25) is 4.55 Å². The van der Waals surface area contributed by atoms with Crippen LogP contribution in [0.5, 0.6) is 0 Å². The Hall–Kier alpha value is 1.83. The van der Waals surface area contributed by atoms with Crippen LogP contribution in [0.25, 0.3) is 0 Å². The van der Waals surface area contributed by atoms with Crippen molar-refractivity contribution in [3.05, 3.63) is 0 Å². The zero-order chi connectivity index (χ0) is 17.1. The molecule has 24 heavy (non-hydrogen) atoms. The van der Waals surface area contributed by atoms with Crippen molar-refractivity contribution in [3.63, 3.8) is 0 Å². The second kappa shape index (κ2) is 27.1. The minimum absolute atomic E-state index is 0. The second-order valence-corrected chi connectivity index (χ2v) is 6.30. The van der Waals surface area contributed by atoms with E-state index in [1.807, 2.05) is 13.8 Å². The maximum absolute atomic E-state index is 10.2. The molecular weight excluding hydrogens is 350 g/mol. The molecule has 0 aliphatic heterocycles. The zero-order valence-electron chi connectivity index (χ0n) is 18.7. The molecule has 0 spiro atoms. The van der Waals surface area contributed by atoms with Gasteiger partial charge in [0.25, 0.3) is 0 Å². The number of hydrogen-bond acceptors (Lipinski definition) is 4. The molecule has 8 heteroatoms. The standard InChI is InChI=1S/C12H26O4S.C4H10O.2Na.2H/c1-2-3-4-5-6-7-8-9-10-11-12-16-17(13,14)15;1-3-5-4-2;;;;/h2-12H2,1H3,(H,13,14,15);3-4H2,1-2H3;;;;/q;;2*+1;2*-1. The van der Waals surface area contributed by atoms with Crippen molar-refractivity contribution in [2.75, 3.05) is 19.8 Å². The quantitative estimate of drug-likeness (QED) is 0.235. The van der Waals surface area contributed by atoms with E-state index < -0.39 is 10.4 Å². The van der Waals surface area contributed by atoms with Crippen molar-refractivity contribution in [2.24, 2.45) is 0 Å². The molecule has 0 heterocycles. The van der Waals surface area contributed by atoms with Gasteiger partial charge in [-0.2, -0.15) is 8.42 Å². The maximum Gasteiger partial charge on any atom is 1.00 e. The molecule has 0 saturated carbocycles. The van der Waals surface area contributed by atoms with Gasteiger partial charge in [0.05, 0.1) is 6.61 Å². The van der Waals surface area contributed by atoms with Gasteiger partial charge in [0.15, 0.2) is 0 Å². The van der Waals surface area contributed by atoms with Crippen LogP contribution in [0.1, 0.15) is 87.8 Å². The van der Waals surface area contributed by atoms with Crippen molar-refractivity contribution in [3.8, 4) is 0 Å². The molecule has 0 aliphatic rings. The summed E-state index contributed by atoms with van der Waals surface area (Å²) in [6.07, 6.45) is 11.9. The van der Waals surface area contributed by atoms with Crippen LogP contribution in [-0.2, 0) is 19.3 Å². The number of ether oxygens (including phenoxy) is 1. The predicted octanol–water partition coefficient (Wildman–Crippen LogP) is -0.997. The Kier molecular flexibility index (Phi) is 37.7. The molecule has 0 aliphatic carbocycles. The normalized spacial score (nSPS) is 10.2. The Morgan fingerprint density at radius 2 is 1.12 bits per heavy atom. The SMILES string of the molecule is CCCCCCCCCCCCOS(=O)(=O)O.CCOCC.[H-].[H-].[Na+].[Na+]. The van der Waals surface area contributed by atoms with Crippen LogP contribution < -0.4 is 59.1 Å². The molecule has 0 radical (unpaired) electrons. The Morgan fingerprint density at radius 3 is 1.42 bits per heavy atom. The molecule has 0 rings (SSSR count). The first-order valence-electron chi connectivity index (χ1n) is 8.67. The molecule has 0 fully saturated rings. The fraction of sp³-hybridized carbons (Fsp3) is 1.00. The number of hydrogen-bond donors (Lipinski definition) is 1. The molecule has 0 aromatic heterocycles. The third-order valence-corrected chi connectivity index (χ3v) is 3.60. The van der Waals surface area contributed by atoms with Gasteiger partial charge in [-0.1, -0.05) is 64.7 Å². The van der Waals surface area contributed by atoms with Gasteiger partial charge in [0, 0.05) is 13.2 Å². The molecular formula is C16H38Na2O5S. The summed E-state index contributed by atoms with van der Waals surface area (Å²) in [6.45, 7) is 7.98. The van der Waals surface area contributed by atoms with E-state index >= 15 is 0 Å². The van der Waals surface area contributed by atoms with E-state index in [-0.39, 0.29) is 68.6 Å². The van der Waals surface area contributed by atoms with Gasteiger partial charge in [-0.15, -0.1) is 0 Å². The van der Waals surface area contributed by atoms with Crippen molar-refractivity contribution >= 4 is 10.4 Å². The van der Waals surface area contributed by atoms with Crippen LogP contribution in [0.2, 0.25) is 0 Å². The predicted molar refractivity (Wildman–Crippen MR) is 93.7 cm³/mol. The number of rotatable bonds is 14. The van der Waals surface area contributed by atoms with Gasteiger partial charge in [-0.05, 0) is 20.3 Å². The Bertz CT molecular complexity index is 309. The molecule has 0 unspecified atom stereocenters. The van der Waals surface area contributed by atoms with Crippen LogP contribution in [0.3, 0.4) is 0 Å². The molecule has 5 nitrogen and oxygen atoms in total. The number of unbranched alkanes of at least 4 members (excludes halogenated alkanes) is 9. The summed E-state index contributed by atoms with van der Waals surface area (Å²) in [5.74, 6) is 0. The van der Waals surface area contributed by atoms with E-state index in [2.05, 4.69) is 11.1 Å². The monoisotopic (exact) mass is 388 g/mol. The van der Waals surface area contributed by atoms with E-state index in [0.29, 0.717) is 6.42 Å². The molecule has 1 N–H and O–H groups in total. The van der Waals surface area contributed by atoms with Crippen molar-refractivity contribution in [1.82, 2.24) is 0 Å². The van der Waals surface area contributed by atoms with Crippen LogP contribution in [0.15, 0.2) is 0 Å². The molecule has 0 amide bonds. The summed E-state index contributed by atoms with van der Waals surface area (Å²) >= 11 is 0. The van der Waals surface area contributed by atoms with E-state index in [0.717, 1.165) is 26.1 Å². The average Bonchev–Trinajstić information content (AvgIpc) is 2.45. The summed E-state index contributed by atoms with van der Waals surface area (Å²) in [7, 11) is -4.23. The van der Waals surface area contributed by atoms with Gasteiger partial charge in [-0.25, -0.2) is 4.18 Å². The Morgan fingerprint density at radius 1 is 0.750 bits per heavy atom. The molecule has 140 valence electrons. The first kappa shape index (κ1) is 33.4. The zero-order valence-corrected chi connectivity index (χ0v) is 21.5. The Labute approximate surface area is 197 Å². The van der Waals surface area contributed by atoms with Crippen molar-refractivity contribution in [2.45, 2.75) is 85.0 Å². The van der Waals surface area contributed by atoms with Gasteiger partial charge in [0.2, 0.25) is 0 Å². The third kappa shape index (κ3) is 39.1. The largest absolute Gasteiger partial charge is 1.00 e. The molecule has 0 saturated heterocycles. The van der Waals surface area contributed by atoms with E-state index in [1.165, 1.54) is 44.9 Å². The fourth-order valence-corrected chi connectivity index (χ4v) is 2.29. The first-order valence-corrected chi connectivity index (χ1v) is 10.0. The van der Waals surface area contributed by atoms with Crippen LogP contribution in [0, 0.1) is 0 Å². The van der Waals surface area contributed by atoms with E-state index in [9.17, 15) is 8.42 Å². The van der Waals surface area contributed by atoms with Crippen molar-refractivity contribution < 1.29 is 83.9 Å². The topological polar surface area (TPSA) is 72.8 Å². The average molecular weight is 389 g/mol. The third-order valence-electron chi connectivity index (χ3n) is 3.14. The summed E-state index contributed by atoms with van der Waals surface area (Å²) < 4.78 is 37.8. The fourth-order valence-electron chi connectivity index (χ4n) is 1.96. The van der Waals surface area contributed by atoms with Crippen molar-refractivity contribution in [1.29, 1.82) is 0 Å². The van der Waals surface area contributed by atoms with Crippen LogP contribution in [-0.4, -0.2) is 32.8 Å².